The van der Waals surface area contributed by atoms with Crippen LogP contribution >= 0.6 is 11.8 Å². The molecular weight excluding hydrogens is 364 g/mol. The SMILES string of the molecule is CC[C@H](C)n1c(S[C@@H](C)C(=O)Nc2cc(C)on2)nc2ccccc2c1=O. The van der Waals surface area contributed by atoms with Crippen LogP contribution in [0.15, 0.2) is 44.8 Å². The predicted molar refractivity (Wildman–Crippen MR) is 106 cm³/mol. The Morgan fingerprint density at radius 2 is 2.07 bits per heavy atom. The van der Waals surface area contributed by atoms with Gasteiger partial charge in [0.05, 0.1) is 16.2 Å². The Labute approximate surface area is 161 Å². The highest BCUT2D eigenvalue weighted by Crippen LogP contribution is 2.26. The summed E-state index contributed by atoms with van der Waals surface area (Å²) in [4.78, 5) is 30.1. The highest BCUT2D eigenvalue weighted by atomic mass is 32.2. The van der Waals surface area contributed by atoms with Crippen molar-refractivity contribution >= 4 is 34.4 Å². The van der Waals surface area contributed by atoms with Crippen LogP contribution in [0.5, 0.6) is 0 Å². The molecule has 142 valence electrons. The number of benzene rings is 1. The third-order valence-electron chi connectivity index (χ3n) is 4.34. The molecule has 27 heavy (non-hydrogen) atoms. The lowest BCUT2D eigenvalue weighted by atomic mass is 10.2. The van der Waals surface area contributed by atoms with Gasteiger partial charge in [-0.2, -0.15) is 0 Å². The molecule has 3 rings (SSSR count). The summed E-state index contributed by atoms with van der Waals surface area (Å²) < 4.78 is 6.64. The summed E-state index contributed by atoms with van der Waals surface area (Å²) in [6.45, 7) is 7.52. The van der Waals surface area contributed by atoms with Gasteiger partial charge in [0, 0.05) is 12.1 Å². The molecule has 0 aliphatic carbocycles. The number of fused-ring (bicyclic) bond motifs is 1. The van der Waals surface area contributed by atoms with Crippen LogP contribution in [0.4, 0.5) is 5.82 Å². The van der Waals surface area contributed by atoms with Crippen LogP contribution < -0.4 is 10.9 Å². The number of carbonyl (C=O) groups excluding carboxylic acids is 1. The molecular formula is C19H22N4O3S. The van der Waals surface area contributed by atoms with E-state index in [0.717, 1.165) is 6.42 Å². The van der Waals surface area contributed by atoms with E-state index in [0.29, 0.717) is 27.6 Å². The molecule has 7 nitrogen and oxygen atoms in total. The monoisotopic (exact) mass is 386 g/mol. The minimum atomic E-state index is -0.467. The molecule has 2 atom stereocenters. The fourth-order valence-corrected chi connectivity index (χ4v) is 3.65. The standard InChI is InChI=1S/C19H22N4O3S/c1-5-11(2)23-18(25)14-8-6-7-9-15(14)20-19(23)27-13(4)17(24)21-16-10-12(3)26-22-16/h6-11,13H,5H2,1-4H3,(H,21,22,24)/t11-,13-/m0/s1. The summed E-state index contributed by atoms with van der Waals surface area (Å²) in [6.07, 6.45) is 0.784. The highest BCUT2D eigenvalue weighted by Gasteiger charge is 2.22. The maximum atomic E-state index is 13.0. The van der Waals surface area contributed by atoms with Gasteiger partial charge in [0.1, 0.15) is 5.76 Å². The number of anilines is 1. The second-order valence-electron chi connectivity index (χ2n) is 6.42. The maximum absolute atomic E-state index is 13.0. The van der Waals surface area contributed by atoms with Crippen molar-refractivity contribution in [3.8, 4) is 0 Å². The van der Waals surface area contributed by atoms with E-state index in [4.69, 9.17) is 4.52 Å². The topological polar surface area (TPSA) is 90.0 Å². The lowest BCUT2D eigenvalue weighted by molar-refractivity contribution is -0.115. The molecule has 0 aliphatic rings. The molecule has 3 aromatic rings. The largest absolute Gasteiger partial charge is 0.360 e. The second-order valence-corrected chi connectivity index (χ2v) is 7.72. The van der Waals surface area contributed by atoms with Gasteiger partial charge >= 0.3 is 0 Å². The Morgan fingerprint density at radius 3 is 2.74 bits per heavy atom. The van der Waals surface area contributed by atoms with Crippen molar-refractivity contribution in [2.24, 2.45) is 0 Å². The Kier molecular flexibility index (Phi) is 5.65. The fraction of sp³-hybridized carbons (Fsp3) is 0.368. The molecule has 0 spiro atoms. The van der Waals surface area contributed by atoms with Crippen LogP contribution in [-0.4, -0.2) is 25.9 Å². The van der Waals surface area contributed by atoms with Crippen LogP contribution in [0.2, 0.25) is 0 Å². The minimum Gasteiger partial charge on any atom is -0.360 e. The molecule has 1 N–H and O–H groups in total. The van der Waals surface area contributed by atoms with Gasteiger partial charge in [-0.15, -0.1) is 0 Å². The van der Waals surface area contributed by atoms with Gasteiger partial charge in [-0.3, -0.25) is 14.2 Å². The Hall–Kier alpha value is -2.61. The number of nitrogens with one attached hydrogen (secondary N) is 1. The van der Waals surface area contributed by atoms with Gasteiger partial charge in [-0.1, -0.05) is 36.0 Å². The van der Waals surface area contributed by atoms with E-state index < -0.39 is 5.25 Å². The van der Waals surface area contributed by atoms with Crippen molar-refractivity contribution in [3.05, 3.63) is 46.4 Å². The maximum Gasteiger partial charge on any atom is 0.262 e. The quantitative estimate of drug-likeness (QED) is 0.512. The number of carbonyl (C=O) groups is 1. The first kappa shape index (κ1) is 19.2. The van der Waals surface area contributed by atoms with E-state index in [2.05, 4.69) is 15.5 Å². The van der Waals surface area contributed by atoms with Crippen molar-refractivity contribution < 1.29 is 9.32 Å². The lowest BCUT2D eigenvalue weighted by Crippen LogP contribution is -2.28. The molecule has 0 unspecified atom stereocenters. The molecule has 0 radical (unpaired) electrons. The molecule has 1 aromatic carbocycles. The number of nitrogens with zero attached hydrogens (tertiary/aromatic N) is 3. The average Bonchev–Trinajstić information content (AvgIpc) is 3.06. The van der Waals surface area contributed by atoms with Crippen LogP contribution in [0, 0.1) is 6.92 Å². The van der Waals surface area contributed by atoms with Gasteiger partial charge in [0.25, 0.3) is 5.56 Å². The van der Waals surface area contributed by atoms with Crippen molar-refractivity contribution in [3.63, 3.8) is 0 Å². The van der Waals surface area contributed by atoms with Gasteiger partial charge < -0.3 is 9.84 Å². The molecule has 2 heterocycles. The number of hydrogen-bond donors (Lipinski definition) is 1. The summed E-state index contributed by atoms with van der Waals surface area (Å²) in [5, 5.41) is 7.14. The molecule has 0 fully saturated rings. The highest BCUT2D eigenvalue weighted by molar-refractivity contribution is 8.00. The number of aromatic nitrogens is 3. The number of amides is 1. The number of hydrogen-bond acceptors (Lipinski definition) is 6. The average molecular weight is 386 g/mol. The predicted octanol–water partition coefficient (Wildman–Crippen LogP) is 3.78. The van der Waals surface area contributed by atoms with Gasteiger partial charge in [-0.05, 0) is 39.3 Å². The lowest BCUT2D eigenvalue weighted by Gasteiger charge is -2.19. The van der Waals surface area contributed by atoms with Crippen LogP contribution in [0.3, 0.4) is 0 Å². The normalized spacial score (nSPS) is 13.5. The van der Waals surface area contributed by atoms with E-state index in [9.17, 15) is 9.59 Å². The second kappa shape index (κ2) is 7.96. The molecule has 2 aromatic heterocycles. The summed E-state index contributed by atoms with van der Waals surface area (Å²) in [5.41, 5.74) is 0.543. The summed E-state index contributed by atoms with van der Waals surface area (Å²) in [5.74, 6) is 0.759. The number of rotatable bonds is 6. The summed E-state index contributed by atoms with van der Waals surface area (Å²) in [7, 11) is 0. The third kappa shape index (κ3) is 4.05. The number of thioether (sulfide) groups is 1. The molecule has 0 aliphatic heterocycles. The van der Waals surface area contributed by atoms with Crippen molar-refractivity contribution in [1.82, 2.24) is 14.7 Å². The van der Waals surface area contributed by atoms with E-state index in [1.807, 2.05) is 32.0 Å². The van der Waals surface area contributed by atoms with Crippen molar-refractivity contribution in [2.45, 2.75) is 50.6 Å². The molecule has 0 saturated carbocycles. The molecule has 0 saturated heterocycles. The van der Waals surface area contributed by atoms with Crippen LogP contribution in [0.25, 0.3) is 10.9 Å². The van der Waals surface area contributed by atoms with Gasteiger partial charge in [0.15, 0.2) is 11.0 Å². The Bertz CT molecular complexity index is 1030. The smallest absolute Gasteiger partial charge is 0.262 e. The number of aryl methyl sites for hydroxylation is 1. The van der Waals surface area contributed by atoms with Gasteiger partial charge in [-0.25, -0.2) is 4.98 Å². The van der Waals surface area contributed by atoms with E-state index in [1.54, 1.807) is 30.5 Å². The van der Waals surface area contributed by atoms with Crippen LogP contribution in [-0.2, 0) is 4.79 Å². The van der Waals surface area contributed by atoms with E-state index in [1.165, 1.54) is 11.8 Å². The Morgan fingerprint density at radius 1 is 1.33 bits per heavy atom. The van der Waals surface area contributed by atoms with Crippen LogP contribution in [0.1, 0.15) is 39.0 Å². The zero-order valence-corrected chi connectivity index (χ0v) is 16.5. The van der Waals surface area contributed by atoms with E-state index >= 15 is 0 Å². The Balaban J connectivity index is 1.92. The molecule has 0 bridgehead atoms. The molecule has 1 amide bonds. The molecule has 8 heteroatoms. The summed E-state index contributed by atoms with van der Waals surface area (Å²) >= 11 is 1.26. The zero-order chi connectivity index (χ0) is 19.6. The first-order valence-electron chi connectivity index (χ1n) is 8.82. The zero-order valence-electron chi connectivity index (χ0n) is 15.7. The van der Waals surface area contributed by atoms with Crippen molar-refractivity contribution in [1.29, 1.82) is 0 Å². The fourth-order valence-electron chi connectivity index (χ4n) is 2.64. The van der Waals surface area contributed by atoms with E-state index in [-0.39, 0.29) is 17.5 Å². The first-order chi connectivity index (χ1) is 12.9. The van der Waals surface area contributed by atoms with Gasteiger partial charge in [0.2, 0.25) is 5.91 Å². The first-order valence-corrected chi connectivity index (χ1v) is 9.70. The number of para-hydroxylation sites is 1. The van der Waals surface area contributed by atoms with Crippen molar-refractivity contribution in [2.75, 3.05) is 5.32 Å². The minimum absolute atomic E-state index is 0.0226. The summed E-state index contributed by atoms with van der Waals surface area (Å²) in [6, 6.07) is 8.89. The third-order valence-corrected chi connectivity index (χ3v) is 5.40.